The van der Waals surface area contributed by atoms with Gasteiger partial charge in [0.05, 0.1) is 19.6 Å². The van der Waals surface area contributed by atoms with Gasteiger partial charge in [-0.15, -0.1) is 0 Å². The summed E-state index contributed by atoms with van der Waals surface area (Å²) in [5, 5.41) is 19.6. The van der Waals surface area contributed by atoms with Crippen molar-refractivity contribution in [3.8, 4) is 11.5 Å². The van der Waals surface area contributed by atoms with E-state index in [0.717, 1.165) is 24.0 Å². The molecule has 1 aliphatic rings. The lowest BCUT2D eigenvalue weighted by atomic mass is 9.71. The van der Waals surface area contributed by atoms with Crippen molar-refractivity contribution >= 4 is 17.6 Å². The molecule has 150 valence electrons. The Morgan fingerprint density at radius 2 is 1.86 bits per heavy atom. The van der Waals surface area contributed by atoms with Gasteiger partial charge in [0.15, 0.2) is 23.1 Å². The molecule has 2 rings (SSSR count). The van der Waals surface area contributed by atoms with Gasteiger partial charge in [0, 0.05) is 0 Å². The average molecular weight is 384 g/mol. The fourth-order valence-electron chi connectivity index (χ4n) is 3.37. The van der Waals surface area contributed by atoms with Gasteiger partial charge in [-0.1, -0.05) is 32.1 Å². The predicted octanol–water partition coefficient (Wildman–Crippen LogP) is 4.00. The van der Waals surface area contributed by atoms with Gasteiger partial charge in [-0.2, -0.15) is 0 Å². The van der Waals surface area contributed by atoms with Crippen molar-refractivity contribution in [3.05, 3.63) is 53.1 Å². The molecule has 0 bridgehead atoms. The number of ether oxygens (including phenoxy) is 1. The van der Waals surface area contributed by atoms with Crippen LogP contribution in [0, 0.1) is 5.41 Å². The molecule has 0 saturated carbocycles. The van der Waals surface area contributed by atoms with Crippen molar-refractivity contribution in [2.75, 3.05) is 7.11 Å². The van der Waals surface area contributed by atoms with Gasteiger partial charge in [0.25, 0.3) is 0 Å². The first-order valence-electron chi connectivity index (χ1n) is 9.32. The SMILES string of the molecule is COc1cc(/C=C/C(=O)CC(=O)/C=C/C2=C(C)C(O)CCC2(C)C)ccc1O. The van der Waals surface area contributed by atoms with E-state index >= 15 is 0 Å². The summed E-state index contributed by atoms with van der Waals surface area (Å²) < 4.78 is 5.03. The number of hydrogen-bond donors (Lipinski definition) is 2. The van der Waals surface area contributed by atoms with Crippen LogP contribution in [0.25, 0.3) is 6.08 Å². The lowest BCUT2D eigenvalue weighted by Gasteiger charge is -2.35. The first kappa shape index (κ1) is 21.6. The molecule has 2 N–H and O–H groups in total. The zero-order chi connectivity index (χ0) is 20.9. The Kier molecular flexibility index (Phi) is 6.97. The van der Waals surface area contributed by atoms with E-state index < -0.39 is 6.10 Å². The van der Waals surface area contributed by atoms with Crippen LogP contribution in [0.5, 0.6) is 11.5 Å². The number of aliphatic hydroxyl groups is 1. The van der Waals surface area contributed by atoms with Crippen LogP contribution in [0.2, 0.25) is 0 Å². The number of phenolic OH excluding ortho intramolecular Hbond substituents is 1. The first-order chi connectivity index (χ1) is 13.1. The maximum Gasteiger partial charge on any atom is 0.163 e. The number of aliphatic hydroxyl groups excluding tert-OH is 1. The molecule has 1 atom stereocenters. The molecule has 0 aliphatic heterocycles. The molecule has 1 aliphatic carbocycles. The Labute approximate surface area is 166 Å². The van der Waals surface area contributed by atoms with Gasteiger partial charge in [-0.05, 0) is 66.2 Å². The predicted molar refractivity (Wildman–Crippen MR) is 109 cm³/mol. The van der Waals surface area contributed by atoms with Crippen LogP contribution in [0.15, 0.2) is 47.6 Å². The van der Waals surface area contributed by atoms with Gasteiger partial charge in [0.1, 0.15) is 0 Å². The van der Waals surface area contributed by atoms with E-state index in [4.69, 9.17) is 4.74 Å². The molecule has 0 saturated heterocycles. The zero-order valence-electron chi connectivity index (χ0n) is 16.9. The Morgan fingerprint density at radius 1 is 1.21 bits per heavy atom. The highest BCUT2D eigenvalue weighted by molar-refractivity contribution is 6.09. The molecule has 0 aromatic heterocycles. The summed E-state index contributed by atoms with van der Waals surface area (Å²) in [6, 6.07) is 4.73. The molecule has 1 aromatic rings. The highest BCUT2D eigenvalue weighted by Crippen LogP contribution is 2.40. The Bertz CT molecular complexity index is 843. The number of carbonyl (C=O) groups is 2. The van der Waals surface area contributed by atoms with Crippen molar-refractivity contribution in [1.82, 2.24) is 0 Å². The molecule has 28 heavy (non-hydrogen) atoms. The lowest BCUT2D eigenvalue weighted by molar-refractivity contribution is -0.121. The smallest absolute Gasteiger partial charge is 0.163 e. The summed E-state index contributed by atoms with van der Waals surface area (Å²) in [4.78, 5) is 24.2. The van der Waals surface area contributed by atoms with Gasteiger partial charge in [0.2, 0.25) is 0 Å². The molecule has 5 heteroatoms. The number of hydrogen-bond acceptors (Lipinski definition) is 5. The molecular formula is C23H28O5. The van der Waals surface area contributed by atoms with E-state index in [1.165, 1.54) is 25.3 Å². The molecule has 5 nitrogen and oxygen atoms in total. The molecule has 0 amide bonds. The van der Waals surface area contributed by atoms with Gasteiger partial charge >= 0.3 is 0 Å². The third kappa shape index (κ3) is 5.42. The van der Waals surface area contributed by atoms with Crippen molar-refractivity contribution in [2.45, 2.75) is 46.1 Å². The van der Waals surface area contributed by atoms with Gasteiger partial charge in [-0.3, -0.25) is 9.59 Å². The fraction of sp³-hybridized carbons (Fsp3) is 0.391. The number of aromatic hydroxyl groups is 1. The number of allylic oxidation sites excluding steroid dienone is 4. The normalized spacial score (nSPS) is 19.4. The zero-order valence-corrected chi connectivity index (χ0v) is 16.9. The van der Waals surface area contributed by atoms with Crippen molar-refractivity contribution < 1.29 is 24.5 Å². The third-order valence-electron chi connectivity index (χ3n) is 5.15. The van der Waals surface area contributed by atoms with E-state index in [1.807, 2.05) is 6.92 Å². The van der Waals surface area contributed by atoms with Crippen molar-refractivity contribution in [1.29, 1.82) is 0 Å². The van der Waals surface area contributed by atoms with Gasteiger partial charge in [-0.25, -0.2) is 0 Å². The molecule has 0 fully saturated rings. The number of carbonyl (C=O) groups excluding carboxylic acids is 2. The van der Waals surface area contributed by atoms with Crippen LogP contribution in [-0.2, 0) is 9.59 Å². The summed E-state index contributed by atoms with van der Waals surface area (Å²) in [6.07, 6.45) is 6.94. The highest BCUT2D eigenvalue weighted by Gasteiger charge is 2.30. The van der Waals surface area contributed by atoms with E-state index in [9.17, 15) is 19.8 Å². The summed E-state index contributed by atoms with van der Waals surface area (Å²) in [7, 11) is 1.45. The summed E-state index contributed by atoms with van der Waals surface area (Å²) in [5.41, 5.74) is 2.42. The van der Waals surface area contributed by atoms with Crippen LogP contribution < -0.4 is 4.74 Å². The number of benzene rings is 1. The van der Waals surface area contributed by atoms with E-state index in [0.29, 0.717) is 11.3 Å². The Hall–Kier alpha value is -2.66. The highest BCUT2D eigenvalue weighted by atomic mass is 16.5. The minimum atomic E-state index is -0.477. The summed E-state index contributed by atoms with van der Waals surface area (Å²) in [6.45, 7) is 6.06. The first-order valence-corrected chi connectivity index (χ1v) is 9.32. The maximum absolute atomic E-state index is 12.2. The minimum Gasteiger partial charge on any atom is -0.504 e. The van der Waals surface area contributed by atoms with Crippen LogP contribution in [0.4, 0.5) is 0 Å². The van der Waals surface area contributed by atoms with E-state index in [1.54, 1.807) is 24.3 Å². The van der Waals surface area contributed by atoms with E-state index in [2.05, 4.69) is 13.8 Å². The summed E-state index contributed by atoms with van der Waals surface area (Å²) in [5.74, 6) is -0.259. The van der Waals surface area contributed by atoms with Gasteiger partial charge < -0.3 is 14.9 Å². The molecular weight excluding hydrogens is 356 g/mol. The number of rotatable bonds is 7. The van der Waals surface area contributed by atoms with Crippen LogP contribution in [0.3, 0.4) is 0 Å². The second-order valence-electron chi connectivity index (χ2n) is 7.74. The topological polar surface area (TPSA) is 83.8 Å². The average Bonchev–Trinajstić information content (AvgIpc) is 2.64. The fourth-order valence-corrected chi connectivity index (χ4v) is 3.37. The lowest BCUT2D eigenvalue weighted by Crippen LogP contribution is -2.27. The number of phenols is 1. The summed E-state index contributed by atoms with van der Waals surface area (Å²) >= 11 is 0. The minimum absolute atomic E-state index is 0.0200. The molecule has 0 radical (unpaired) electrons. The second kappa shape index (κ2) is 9.02. The second-order valence-corrected chi connectivity index (χ2v) is 7.74. The number of methoxy groups -OCH3 is 1. The Balaban J connectivity index is 2.02. The Morgan fingerprint density at radius 3 is 2.50 bits per heavy atom. The van der Waals surface area contributed by atoms with Crippen molar-refractivity contribution in [3.63, 3.8) is 0 Å². The van der Waals surface area contributed by atoms with E-state index in [-0.39, 0.29) is 29.2 Å². The van der Waals surface area contributed by atoms with Crippen LogP contribution >= 0.6 is 0 Å². The number of ketones is 2. The monoisotopic (exact) mass is 384 g/mol. The molecule has 1 unspecified atom stereocenters. The molecule has 1 aromatic carbocycles. The largest absolute Gasteiger partial charge is 0.504 e. The van der Waals surface area contributed by atoms with Crippen molar-refractivity contribution in [2.24, 2.45) is 5.41 Å². The standard InChI is InChI=1S/C23H28O5/c1-15-19(23(2,3)12-11-20(15)26)9-8-18(25)14-17(24)7-5-16-6-10-21(27)22(13-16)28-4/h5-10,13,20,26-27H,11-12,14H2,1-4H3/b7-5+,9-8+. The maximum atomic E-state index is 12.2. The van der Waals surface area contributed by atoms with Crippen LogP contribution in [-0.4, -0.2) is 35.0 Å². The van der Waals surface area contributed by atoms with Crippen LogP contribution in [0.1, 0.15) is 45.6 Å². The molecule has 0 spiro atoms. The third-order valence-corrected chi connectivity index (χ3v) is 5.15. The quantitative estimate of drug-likeness (QED) is 0.548. The molecule has 0 heterocycles.